The van der Waals surface area contributed by atoms with E-state index in [1.54, 1.807) is 11.1 Å². The highest BCUT2D eigenvalue weighted by atomic mass is 32.1. The lowest BCUT2D eigenvalue weighted by atomic mass is 9.88. The molecule has 3 rings (SSSR count). The van der Waals surface area contributed by atoms with Gasteiger partial charge in [0.25, 0.3) is 0 Å². The third-order valence-corrected chi connectivity index (χ3v) is 5.39. The second-order valence-corrected chi connectivity index (χ2v) is 6.88. The maximum atomic E-state index is 3.74. The fourth-order valence-corrected chi connectivity index (χ4v) is 4.17. The maximum Gasteiger partial charge on any atom is 0.0587 e. The third kappa shape index (κ3) is 3.22. The Morgan fingerprint density at radius 3 is 2.67 bits per heavy atom. The molecule has 0 radical (unpaired) electrons. The maximum absolute atomic E-state index is 3.74. The van der Waals surface area contributed by atoms with Gasteiger partial charge in [-0.15, -0.1) is 0 Å². The number of hydrogen-bond acceptors (Lipinski definition) is 2. The van der Waals surface area contributed by atoms with Gasteiger partial charge in [0, 0.05) is 0 Å². The molecule has 1 aliphatic rings. The van der Waals surface area contributed by atoms with E-state index in [9.17, 15) is 0 Å². The van der Waals surface area contributed by atoms with Crippen LogP contribution < -0.4 is 5.32 Å². The summed E-state index contributed by atoms with van der Waals surface area (Å²) < 4.78 is 0. The zero-order chi connectivity index (χ0) is 14.7. The molecule has 2 aromatic rings. The zero-order valence-electron chi connectivity index (χ0n) is 13.1. The Morgan fingerprint density at radius 1 is 1.14 bits per heavy atom. The lowest BCUT2D eigenvalue weighted by Gasteiger charge is -2.23. The van der Waals surface area contributed by atoms with E-state index in [-0.39, 0.29) is 0 Å². The van der Waals surface area contributed by atoms with Gasteiger partial charge in [0.15, 0.2) is 0 Å². The van der Waals surface area contributed by atoms with E-state index in [0.717, 1.165) is 6.54 Å². The predicted octanol–water partition coefficient (Wildman–Crippen LogP) is 5.02. The topological polar surface area (TPSA) is 12.0 Å². The summed E-state index contributed by atoms with van der Waals surface area (Å²) in [5.41, 5.74) is 7.44. The fourth-order valence-electron chi connectivity index (χ4n) is 3.30. The quantitative estimate of drug-likeness (QED) is 0.817. The number of hydrogen-bond donors (Lipinski definition) is 1. The Morgan fingerprint density at radius 2 is 1.95 bits per heavy atom. The molecule has 1 heterocycles. The van der Waals surface area contributed by atoms with Crippen LogP contribution in [0, 0.1) is 6.92 Å². The minimum absolute atomic E-state index is 0.350. The monoisotopic (exact) mass is 299 g/mol. The smallest absolute Gasteiger partial charge is 0.0587 e. The zero-order valence-corrected chi connectivity index (χ0v) is 13.9. The lowest BCUT2D eigenvalue weighted by molar-refractivity contribution is 0.595. The molecule has 2 heteroatoms. The Balaban J connectivity index is 1.94. The summed E-state index contributed by atoms with van der Waals surface area (Å²) >= 11 is 1.81. The van der Waals surface area contributed by atoms with Crippen molar-refractivity contribution >= 4 is 11.3 Å². The van der Waals surface area contributed by atoms with Crippen LogP contribution >= 0.6 is 11.3 Å². The van der Waals surface area contributed by atoms with Crippen LogP contribution in [-0.2, 0) is 12.8 Å². The largest absolute Gasteiger partial charge is 0.306 e. The van der Waals surface area contributed by atoms with E-state index in [1.807, 2.05) is 11.3 Å². The van der Waals surface area contributed by atoms with Gasteiger partial charge in [0.2, 0.25) is 0 Å². The molecule has 1 aliphatic carbocycles. The van der Waals surface area contributed by atoms with Crippen molar-refractivity contribution in [1.82, 2.24) is 5.32 Å². The summed E-state index contributed by atoms with van der Waals surface area (Å²) in [6, 6.07) is 7.52. The number of benzene rings is 1. The standard InChI is InChI=1S/C19H25NS/c1-3-10-20-19(18-13-21-12-14(18)2)17-9-8-15-6-4-5-7-16(15)11-17/h8-9,11-13,19-20H,3-7,10H2,1-2H3. The van der Waals surface area contributed by atoms with Gasteiger partial charge in [-0.2, -0.15) is 11.3 Å². The molecule has 1 aromatic carbocycles. The van der Waals surface area contributed by atoms with Crippen molar-refractivity contribution in [3.8, 4) is 0 Å². The van der Waals surface area contributed by atoms with E-state index < -0.39 is 0 Å². The third-order valence-electron chi connectivity index (χ3n) is 4.51. The highest BCUT2D eigenvalue weighted by Gasteiger charge is 2.18. The minimum Gasteiger partial charge on any atom is -0.306 e. The van der Waals surface area contributed by atoms with Crippen LogP contribution in [0.1, 0.15) is 60.0 Å². The molecule has 1 atom stereocenters. The van der Waals surface area contributed by atoms with Gasteiger partial charge in [-0.1, -0.05) is 25.1 Å². The molecule has 1 unspecified atom stereocenters. The average molecular weight is 299 g/mol. The summed E-state index contributed by atoms with van der Waals surface area (Å²) in [4.78, 5) is 0. The Hall–Kier alpha value is -1.12. The predicted molar refractivity (Wildman–Crippen MR) is 92.3 cm³/mol. The van der Waals surface area contributed by atoms with Crippen molar-refractivity contribution in [2.75, 3.05) is 6.54 Å². The van der Waals surface area contributed by atoms with Crippen LogP contribution in [0.25, 0.3) is 0 Å². The SMILES string of the molecule is CCCNC(c1ccc2c(c1)CCCC2)c1cscc1C. The second kappa shape index (κ2) is 6.76. The normalized spacial score (nSPS) is 15.7. The van der Waals surface area contributed by atoms with Gasteiger partial charge >= 0.3 is 0 Å². The molecule has 112 valence electrons. The second-order valence-electron chi connectivity index (χ2n) is 6.13. The van der Waals surface area contributed by atoms with E-state index in [4.69, 9.17) is 0 Å². The molecule has 0 spiro atoms. The van der Waals surface area contributed by atoms with E-state index >= 15 is 0 Å². The average Bonchev–Trinajstić information content (AvgIpc) is 2.94. The summed E-state index contributed by atoms with van der Waals surface area (Å²) in [6.45, 7) is 5.53. The van der Waals surface area contributed by atoms with Gasteiger partial charge in [0.05, 0.1) is 6.04 Å². The summed E-state index contributed by atoms with van der Waals surface area (Å²) in [5, 5.41) is 8.31. The van der Waals surface area contributed by atoms with Crippen LogP contribution in [0.3, 0.4) is 0 Å². The first-order chi connectivity index (χ1) is 10.3. The molecule has 1 nitrogen and oxygen atoms in total. The Bertz CT molecular complexity index is 599. The summed E-state index contributed by atoms with van der Waals surface area (Å²) in [5.74, 6) is 0. The van der Waals surface area contributed by atoms with Crippen molar-refractivity contribution in [3.63, 3.8) is 0 Å². The van der Waals surface area contributed by atoms with Gasteiger partial charge < -0.3 is 5.32 Å². The van der Waals surface area contributed by atoms with Crippen LogP contribution in [0.2, 0.25) is 0 Å². The van der Waals surface area contributed by atoms with Gasteiger partial charge in [-0.3, -0.25) is 0 Å². The molecule has 0 aliphatic heterocycles. The Kier molecular flexibility index (Phi) is 4.77. The highest BCUT2D eigenvalue weighted by molar-refractivity contribution is 7.08. The van der Waals surface area contributed by atoms with Crippen LogP contribution in [0.5, 0.6) is 0 Å². The number of fused-ring (bicyclic) bond motifs is 1. The first-order valence-electron chi connectivity index (χ1n) is 8.17. The van der Waals surface area contributed by atoms with Crippen molar-refractivity contribution < 1.29 is 0 Å². The number of aryl methyl sites for hydroxylation is 3. The molecule has 0 amide bonds. The van der Waals surface area contributed by atoms with E-state index in [1.165, 1.54) is 48.8 Å². The van der Waals surface area contributed by atoms with E-state index in [2.05, 4.69) is 48.1 Å². The molecule has 0 fully saturated rings. The summed E-state index contributed by atoms with van der Waals surface area (Å²) in [7, 11) is 0. The molecule has 1 N–H and O–H groups in total. The van der Waals surface area contributed by atoms with Crippen molar-refractivity contribution in [3.05, 3.63) is 56.8 Å². The molecular weight excluding hydrogens is 274 g/mol. The first kappa shape index (κ1) is 14.8. The molecule has 0 bridgehead atoms. The fraction of sp³-hybridized carbons (Fsp3) is 0.474. The van der Waals surface area contributed by atoms with Gasteiger partial charge in [-0.25, -0.2) is 0 Å². The molecular formula is C19H25NS. The van der Waals surface area contributed by atoms with Crippen molar-refractivity contribution in [2.24, 2.45) is 0 Å². The highest BCUT2D eigenvalue weighted by Crippen LogP contribution is 2.31. The summed E-state index contributed by atoms with van der Waals surface area (Å²) in [6.07, 6.45) is 6.39. The number of nitrogens with one attached hydrogen (secondary N) is 1. The minimum atomic E-state index is 0.350. The van der Waals surface area contributed by atoms with E-state index in [0.29, 0.717) is 6.04 Å². The van der Waals surface area contributed by atoms with Crippen LogP contribution in [0.4, 0.5) is 0 Å². The van der Waals surface area contributed by atoms with Crippen molar-refractivity contribution in [2.45, 2.75) is 52.0 Å². The first-order valence-corrected chi connectivity index (χ1v) is 9.11. The number of rotatable bonds is 5. The molecule has 1 aromatic heterocycles. The molecule has 0 saturated heterocycles. The van der Waals surface area contributed by atoms with Crippen LogP contribution in [0.15, 0.2) is 29.0 Å². The number of thiophene rings is 1. The lowest BCUT2D eigenvalue weighted by Crippen LogP contribution is -2.23. The Labute approximate surface area is 132 Å². The van der Waals surface area contributed by atoms with Gasteiger partial charge in [0.1, 0.15) is 0 Å². The van der Waals surface area contributed by atoms with Crippen LogP contribution in [-0.4, -0.2) is 6.54 Å². The van der Waals surface area contributed by atoms with Gasteiger partial charge in [-0.05, 0) is 84.1 Å². The van der Waals surface area contributed by atoms with Crippen molar-refractivity contribution in [1.29, 1.82) is 0 Å². The molecule has 0 saturated carbocycles. The molecule has 21 heavy (non-hydrogen) atoms.